The van der Waals surface area contributed by atoms with Crippen LogP contribution < -0.4 is 5.32 Å². The highest BCUT2D eigenvalue weighted by Crippen LogP contribution is 2.33. The molecule has 3 rings (SSSR count). The molecule has 84 valence electrons. The topological polar surface area (TPSA) is 45.4 Å². The number of phenolic OH excluding ortho intramolecular Hbond substituents is 1. The van der Waals surface area contributed by atoms with Crippen molar-refractivity contribution < 1.29 is 9.52 Å². The van der Waals surface area contributed by atoms with Crippen molar-refractivity contribution in [1.82, 2.24) is 5.32 Å². The van der Waals surface area contributed by atoms with Crippen molar-refractivity contribution >= 4 is 11.0 Å². The van der Waals surface area contributed by atoms with Gasteiger partial charge in [-0.25, -0.2) is 0 Å². The van der Waals surface area contributed by atoms with E-state index in [2.05, 4.69) is 12.2 Å². The van der Waals surface area contributed by atoms with Gasteiger partial charge < -0.3 is 14.8 Å². The van der Waals surface area contributed by atoms with Crippen LogP contribution >= 0.6 is 0 Å². The number of rotatable bonds is 0. The van der Waals surface area contributed by atoms with Crippen molar-refractivity contribution in [3.05, 3.63) is 29.5 Å². The third kappa shape index (κ3) is 1.39. The molecule has 2 heterocycles. The standard InChI is InChI=1S/C13H15NO2/c1-8-7-12-9(5-6-14-8)10-3-2-4-11(15)13(10)16-12/h2-4,8,14-15H,5-7H2,1H3. The van der Waals surface area contributed by atoms with Gasteiger partial charge in [-0.2, -0.15) is 0 Å². The predicted octanol–water partition coefficient (Wildman–Crippen LogP) is 2.22. The van der Waals surface area contributed by atoms with Gasteiger partial charge in [0.05, 0.1) is 0 Å². The van der Waals surface area contributed by atoms with Crippen LogP contribution in [0.1, 0.15) is 18.2 Å². The number of hydrogen-bond acceptors (Lipinski definition) is 3. The van der Waals surface area contributed by atoms with Crippen LogP contribution in [0.15, 0.2) is 22.6 Å². The lowest BCUT2D eigenvalue weighted by Gasteiger charge is -2.07. The fourth-order valence-corrected chi connectivity index (χ4v) is 2.44. The van der Waals surface area contributed by atoms with E-state index in [4.69, 9.17) is 4.42 Å². The molecule has 1 atom stereocenters. The zero-order valence-corrected chi connectivity index (χ0v) is 9.29. The normalized spacial score (nSPS) is 20.7. The first-order valence-electron chi connectivity index (χ1n) is 5.71. The lowest BCUT2D eigenvalue weighted by Crippen LogP contribution is -2.27. The third-order valence-corrected chi connectivity index (χ3v) is 3.24. The van der Waals surface area contributed by atoms with Crippen molar-refractivity contribution in [2.75, 3.05) is 6.54 Å². The van der Waals surface area contributed by atoms with Crippen LogP contribution in [0.4, 0.5) is 0 Å². The molecule has 1 aromatic heterocycles. The Hall–Kier alpha value is -1.48. The van der Waals surface area contributed by atoms with E-state index in [0.717, 1.165) is 30.5 Å². The first kappa shape index (κ1) is 9.73. The van der Waals surface area contributed by atoms with Crippen LogP contribution in [0.3, 0.4) is 0 Å². The lowest BCUT2D eigenvalue weighted by atomic mass is 10.1. The van der Waals surface area contributed by atoms with Gasteiger partial charge in [0.1, 0.15) is 5.76 Å². The molecule has 1 aromatic carbocycles. The van der Waals surface area contributed by atoms with Crippen LogP contribution in [0.5, 0.6) is 5.75 Å². The number of hydrogen-bond donors (Lipinski definition) is 2. The summed E-state index contributed by atoms with van der Waals surface area (Å²) in [6, 6.07) is 6.00. The fraction of sp³-hybridized carbons (Fsp3) is 0.385. The van der Waals surface area contributed by atoms with E-state index in [0.29, 0.717) is 11.6 Å². The number of aromatic hydroxyl groups is 1. The van der Waals surface area contributed by atoms with Crippen LogP contribution in [-0.2, 0) is 12.8 Å². The second-order valence-corrected chi connectivity index (χ2v) is 4.47. The molecule has 0 aliphatic carbocycles. The number of para-hydroxylation sites is 1. The van der Waals surface area contributed by atoms with E-state index in [-0.39, 0.29) is 5.75 Å². The molecule has 0 radical (unpaired) electrons. The largest absolute Gasteiger partial charge is 0.504 e. The average Bonchev–Trinajstić information content (AvgIpc) is 2.49. The predicted molar refractivity (Wildman–Crippen MR) is 62.8 cm³/mol. The Kier molecular flexibility index (Phi) is 2.14. The van der Waals surface area contributed by atoms with Gasteiger partial charge in [-0.1, -0.05) is 12.1 Å². The summed E-state index contributed by atoms with van der Waals surface area (Å²) in [6.07, 6.45) is 1.86. The minimum absolute atomic E-state index is 0.242. The summed E-state index contributed by atoms with van der Waals surface area (Å²) in [6.45, 7) is 3.13. The summed E-state index contributed by atoms with van der Waals surface area (Å²) in [7, 11) is 0. The Bertz CT molecular complexity index is 530. The molecule has 1 unspecified atom stereocenters. The van der Waals surface area contributed by atoms with Crippen LogP contribution in [0.25, 0.3) is 11.0 Å². The monoisotopic (exact) mass is 217 g/mol. The fourth-order valence-electron chi connectivity index (χ4n) is 2.44. The lowest BCUT2D eigenvalue weighted by molar-refractivity contribution is 0.450. The van der Waals surface area contributed by atoms with E-state index in [9.17, 15) is 5.11 Å². The number of nitrogens with one attached hydrogen (secondary N) is 1. The van der Waals surface area contributed by atoms with Crippen molar-refractivity contribution in [1.29, 1.82) is 0 Å². The Morgan fingerprint density at radius 2 is 2.31 bits per heavy atom. The molecule has 0 saturated heterocycles. The van der Waals surface area contributed by atoms with Gasteiger partial charge in [-0.3, -0.25) is 0 Å². The SMILES string of the molecule is CC1Cc2oc3c(O)cccc3c2CCN1. The Morgan fingerprint density at radius 3 is 3.19 bits per heavy atom. The van der Waals surface area contributed by atoms with Gasteiger partial charge in [-0.15, -0.1) is 0 Å². The van der Waals surface area contributed by atoms with Gasteiger partial charge in [0, 0.05) is 23.4 Å². The van der Waals surface area contributed by atoms with Crippen LogP contribution in [-0.4, -0.2) is 17.7 Å². The summed E-state index contributed by atoms with van der Waals surface area (Å²) in [5.74, 6) is 1.26. The molecule has 0 bridgehead atoms. The molecular weight excluding hydrogens is 202 g/mol. The van der Waals surface area contributed by atoms with Gasteiger partial charge in [0.2, 0.25) is 0 Å². The molecule has 2 N–H and O–H groups in total. The van der Waals surface area contributed by atoms with Gasteiger partial charge in [0.25, 0.3) is 0 Å². The maximum absolute atomic E-state index is 9.75. The molecule has 16 heavy (non-hydrogen) atoms. The molecule has 2 aromatic rings. The zero-order valence-electron chi connectivity index (χ0n) is 9.29. The number of phenols is 1. The van der Waals surface area contributed by atoms with Crippen molar-refractivity contribution in [3.63, 3.8) is 0 Å². The molecule has 0 spiro atoms. The van der Waals surface area contributed by atoms with Crippen LogP contribution in [0.2, 0.25) is 0 Å². The summed E-state index contributed by atoms with van der Waals surface area (Å²) in [4.78, 5) is 0. The highest BCUT2D eigenvalue weighted by atomic mass is 16.4. The minimum Gasteiger partial charge on any atom is -0.504 e. The van der Waals surface area contributed by atoms with Gasteiger partial charge in [0.15, 0.2) is 11.3 Å². The minimum atomic E-state index is 0.242. The van der Waals surface area contributed by atoms with Crippen molar-refractivity contribution in [2.24, 2.45) is 0 Å². The molecule has 3 heteroatoms. The second-order valence-electron chi connectivity index (χ2n) is 4.47. The summed E-state index contributed by atoms with van der Waals surface area (Å²) >= 11 is 0. The number of benzene rings is 1. The van der Waals surface area contributed by atoms with Crippen molar-refractivity contribution in [3.8, 4) is 5.75 Å². The highest BCUT2D eigenvalue weighted by Gasteiger charge is 2.20. The van der Waals surface area contributed by atoms with Gasteiger partial charge in [-0.05, 0) is 26.0 Å². The molecule has 1 aliphatic heterocycles. The molecule has 3 nitrogen and oxygen atoms in total. The Morgan fingerprint density at radius 1 is 1.44 bits per heavy atom. The maximum Gasteiger partial charge on any atom is 0.176 e. The summed E-state index contributed by atoms with van der Waals surface area (Å²) < 4.78 is 5.78. The number of fused-ring (bicyclic) bond motifs is 3. The van der Waals surface area contributed by atoms with Crippen LogP contribution in [0, 0.1) is 0 Å². The third-order valence-electron chi connectivity index (χ3n) is 3.24. The Labute approximate surface area is 94.1 Å². The zero-order chi connectivity index (χ0) is 11.1. The van der Waals surface area contributed by atoms with Crippen molar-refractivity contribution in [2.45, 2.75) is 25.8 Å². The van der Waals surface area contributed by atoms with E-state index >= 15 is 0 Å². The van der Waals surface area contributed by atoms with E-state index in [1.165, 1.54) is 5.56 Å². The Balaban J connectivity index is 2.23. The second kappa shape index (κ2) is 3.52. The maximum atomic E-state index is 9.75. The molecule has 0 amide bonds. The molecule has 0 fully saturated rings. The van der Waals surface area contributed by atoms with E-state index in [1.807, 2.05) is 12.1 Å². The molecular formula is C13H15NO2. The molecule has 0 saturated carbocycles. The number of furan rings is 1. The summed E-state index contributed by atoms with van der Waals surface area (Å²) in [5.41, 5.74) is 1.89. The van der Waals surface area contributed by atoms with Gasteiger partial charge >= 0.3 is 0 Å². The van der Waals surface area contributed by atoms with E-state index < -0.39 is 0 Å². The molecule has 1 aliphatic rings. The average molecular weight is 217 g/mol. The first-order valence-corrected chi connectivity index (χ1v) is 5.71. The first-order chi connectivity index (χ1) is 7.75. The van der Waals surface area contributed by atoms with E-state index in [1.54, 1.807) is 6.07 Å². The quantitative estimate of drug-likeness (QED) is 0.711. The highest BCUT2D eigenvalue weighted by molar-refractivity contribution is 5.87. The smallest absolute Gasteiger partial charge is 0.176 e. The summed E-state index contributed by atoms with van der Waals surface area (Å²) in [5, 5.41) is 14.2.